The molecule has 134 valence electrons. The van der Waals surface area contributed by atoms with Crippen LogP contribution in [0.4, 0.5) is 4.39 Å². The number of hydrogen-bond donors (Lipinski definition) is 1. The Bertz CT molecular complexity index is 1150. The van der Waals surface area contributed by atoms with Gasteiger partial charge in [0.25, 0.3) is 0 Å². The Balaban J connectivity index is 1.73. The van der Waals surface area contributed by atoms with Crippen molar-refractivity contribution < 1.29 is 14.3 Å². The fourth-order valence-corrected chi connectivity index (χ4v) is 3.23. The number of aromatic nitrogens is 2. The second kappa shape index (κ2) is 6.68. The number of aryl methyl sites for hydroxylation is 1. The summed E-state index contributed by atoms with van der Waals surface area (Å²) in [5, 5.41) is 9.22. The van der Waals surface area contributed by atoms with Gasteiger partial charge in [-0.1, -0.05) is 42.5 Å². The van der Waals surface area contributed by atoms with Gasteiger partial charge in [0, 0.05) is 5.56 Å². The Morgan fingerprint density at radius 2 is 1.81 bits per heavy atom. The Hall–Kier alpha value is -3.47. The number of halogens is 1. The Kier molecular flexibility index (Phi) is 4.20. The molecule has 1 N–H and O–H groups in total. The van der Waals surface area contributed by atoms with E-state index >= 15 is 0 Å². The Morgan fingerprint density at radius 3 is 2.52 bits per heavy atom. The summed E-state index contributed by atoms with van der Waals surface area (Å²) in [7, 11) is 0. The minimum absolute atomic E-state index is 0.184. The van der Waals surface area contributed by atoms with Gasteiger partial charge in [-0.05, 0) is 42.3 Å². The van der Waals surface area contributed by atoms with Crippen molar-refractivity contribution >= 4 is 17.0 Å². The van der Waals surface area contributed by atoms with E-state index in [2.05, 4.69) is 4.98 Å². The molecule has 3 aromatic carbocycles. The zero-order chi connectivity index (χ0) is 19.0. The predicted molar refractivity (Wildman–Crippen MR) is 102 cm³/mol. The topological polar surface area (TPSA) is 55.1 Å². The predicted octanol–water partition coefficient (Wildman–Crippen LogP) is 4.90. The van der Waals surface area contributed by atoms with Gasteiger partial charge in [0.15, 0.2) is 0 Å². The molecule has 0 unspecified atom stereocenters. The molecule has 4 nitrogen and oxygen atoms in total. The molecule has 0 atom stereocenters. The molecule has 4 aromatic rings. The molecule has 0 saturated carbocycles. The Morgan fingerprint density at radius 1 is 1.04 bits per heavy atom. The normalized spacial score (nSPS) is 11.0. The first-order valence-corrected chi connectivity index (χ1v) is 8.57. The quantitative estimate of drug-likeness (QED) is 0.563. The maximum Gasteiger partial charge on any atom is 0.335 e. The van der Waals surface area contributed by atoms with Gasteiger partial charge < -0.3 is 9.67 Å². The molecule has 0 aliphatic carbocycles. The number of aromatic carboxylic acids is 1. The second-order valence-corrected chi connectivity index (χ2v) is 6.43. The standard InChI is InChI=1S/C22H17FN2O2/c1-14-24-20-10-9-17(22(26)27)12-21(20)25(14)13-18-8-7-16(11-19(18)23)15-5-3-2-4-6-15/h2-12H,13H2,1H3,(H,26,27). The van der Waals surface area contributed by atoms with Crippen LogP contribution in [-0.2, 0) is 6.54 Å². The molecule has 1 aromatic heterocycles. The average Bonchev–Trinajstić information content (AvgIpc) is 2.98. The SMILES string of the molecule is Cc1nc2ccc(C(=O)O)cc2n1Cc1ccc(-c2ccccc2)cc1F. The van der Waals surface area contributed by atoms with Crippen molar-refractivity contribution in [3.05, 3.63) is 89.5 Å². The van der Waals surface area contributed by atoms with Crippen LogP contribution in [0, 0.1) is 12.7 Å². The lowest BCUT2D eigenvalue weighted by Gasteiger charge is -2.10. The van der Waals surface area contributed by atoms with Crippen molar-refractivity contribution in [1.82, 2.24) is 9.55 Å². The summed E-state index contributed by atoms with van der Waals surface area (Å²) in [5.41, 5.74) is 3.86. The van der Waals surface area contributed by atoms with Crippen LogP contribution in [0.3, 0.4) is 0 Å². The lowest BCUT2D eigenvalue weighted by atomic mass is 10.0. The summed E-state index contributed by atoms with van der Waals surface area (Å²) in [6.45, 7) is 2.11. The van der Waals surface area contributed by atoms with Crippen LogP contribution in [0.5, 0.6) is 0 Å². The third kappa shape index (κ3) is 3.19. The number of fused-ring (bicyclic) bond motifs is 1. The maximum atomic E-state index is 14.7. The average molecular weight is 360 g/mol. The van der Waals surface area contributed by atoms with E-state index in [1.54, 1.807) is 18.2 Å². The molecule has 0 radical (unpaired) electrons. The lowest BCUT2D eigenvalue weighted by molar-refractivity contribution is 0.0697. The molecule has 0 spiro atoms. The number of carboxylic acids is 1. The van der Waals surface area contributed by atoms with Gasteiger partial charge in [-0.3, -0.25) is 0 Å². The van der Waals surface area contributed by atoms with Gasteiger partial charge in [-0.15, -0.1) is 0 Å². The molecule has 1 heterocycles. The van der Waals surface area contributed by atoms with Gasteiger partial charge in [0.1, 0.15) is 11.6 Å². The van der Waals surface area contributed by atoms with Crippen LogP contribution in [0.2, 0.25) is 0 Å². The van der Waals surface area contributed by atoms with E-state index in [0.29, 0.717) is 22.4 Å². The maximum absolute atomic E-state index is 14.7. The number of hydrogen-bond acceptors (Lipinski definition) is 2. The minimum Gasteiger partial charge on any atom is -0.478 e. The highest BCUT2D eigenvalue weighted by atomic mass is 19.1. The summed E-state index contributed by atoms with van der Waals surface area (Å²) in [4.78, 5) is 15.7. The number of rotatable bonds is 4. The minimum atomic E-state index is -0.999. The van der Waals surface area contributed by atoms with E-state index in [1.165, 1.54) is 12.1 Å². The molecule has 27 heavy (non-hydrogen) atoms. The molecule has 0 amide bonds. The van der Waals surface area contributed by atoms with Crippen molar-refractivity contribution in [1.29, 1.82) is 0 Å². The highest BCUT2D eigenvalue weighted by molar-refractivity contribution is 5.92. The monoisotopic (exact) mass is 360 g/mol. The van der Waals surface area contributed by atoms with Crippen LogP contribution in [0.25, 0.3) is 22.2 Å². The van der Waals surface area contributed by atoms with Crippen molar-refractivity contribution in [2.45, 2.75) is 13.5 Å². The van der Waals surface area contributed by atoms with E-state index in [9.17, 15) is 14.3 Å². The molecular weight excluding hydrogens is 343 g/mol. The molecule has 0 bridgehead atoms. The first-order valence-electron chi connectivity index (χ1n) is 8.57. The van der Waals surface area contributed by atoms with Crippen LogP contribution in [-0.4, -0.2) is 20.6 Å². The number of imidazole rings is 1. The zero-order valence-corrected chi connectivity index (χ0v) is 14.7. The van der Waals surface area contributed by atoms with Gasteiger partial charge in [0.05, 0.1) is 23.1 Å². The fourth-order valence-electron chi connectivity index (χ4n) is 3.23. The summed E-state index contributed by atoms with van der Waals surface area (Å²) in [6, 6.07) is 19.6. The van der Waals surface area contributed by atoms with Crippen LogP contribution in [0.1, 0.15) is 21.7 Å². The fraction of sp³-hybridized carbons (Fsp3) is 0.0909. The van der Waals surface area contributed by atoms with E-state index in [-0.39, 0.29) is 17.9 Å². The van der Waals surface area contributed by atoms with Crippen molar-refractivity contribution in [3.63, 3.8) is 0 Å². The zero-order valence-electron chi connectivity index (χ0n) is 14.7. The lowest BCUT2D eigenvalue weighted by Crippen LogP contribution is -2.05. The second-order valence-electron chi connectivity index (χ2n) is 6.43. The van der Waals surface area contributed by atoms with Crippen molar-refractivity contribution in [2.24, 2.45) is 0 Å². The van der Waals surface area contributed by atoms with Gasteiger partial charge in [-0.25, -0.2) is 14.2 Å². The highest BCUT2D eigenvalue weighted by Crippen LogP contribution is 2.24. The summed E-state index contributed by atoms with van der Waals surface area (Å²) in [6.07, 6.45) is 0. The molecular formula is C22H17FN2O2. The first-order chi connectivity index (χ1) is 13.0. The van der Waals surface area contributed by atoms with Gasteiger partial charge >= 0.3 is 5.97 Å². The molecule has 4 rings (SSSR count). The van der Waals surface area contributed by atoms with E-state index in [0.717, 1.165) is 11.1 Å². The summed E-state index contributed by atoms with van der Waals surface area (Å²) >= 11 is 0. The highest BCUT2D eigenvalue weighted by Gasteiger charge is 2.13. The van der Waals surface area contributed by atoms with Gasteiger partial charge in [0.2, 0.25) is 0 Å². The van der Waals surface area contributed by atoms with Crippen molar-refractivity contribution in [3.8, 4) is 11.1 Å². The number of nitrogens with zero attached hydrogens (tertiary/aromatic N) is 2. The number of carboxylic acid groups (broad SMARTS) is 1. The molecule has 0 fully saturated rings. The summed E-state index contributed by atoms with van der Waals surface area (Å²) < 4.78 is 16.6. The number of benzene rings is 3. The van der Waals surface area contributed by atoms with E-state index in [1.807, 2.05) is 47.9 Å². The molecule has 0 aliphatic heterocycles. The third-order valence-electron chi connectivity index (χ3n) is 4.67. The van der Waals surface area contributed by atoms with Crippen LogP contribution >= 0.6 is 0 Å². The van der Waals surface area contributed by atoms with E-state index in [4.69, 9.17) is 0 Å². The molecule has 5 heteroatoms. The smallest absolute Gasteiger partial charge is 0.335 e. The molecule has 0 aliphatic rings. The van der Waals surface area contributed by atoms with Gasteiger partial charge in [-0.2, -0.15) is 0 Å². The largest absolute Gasteiger partial charge is 0.478 e. The first kappa shape index (κ1) is 17.0. The number of carbonyl (C=O) groups is 1. The van der Waals surface area contributed by atoms with E-state index < -0.39 is 5.97 Å². The molecule has 0 saturated heterocycles. The van der Waals surface area contributed by atoms with Crippen molar-refractivity contribution in [2.75, 3.05) is 0 Å². The van der Waals surface area contributed by atoms with Crippen LogP contribution in [0.15, 0.2) is 66.7 Å². The van der Waals surface area contributed by atoms with Crippen LogP contribution < -0.4 is 0 Å². The third-order valence-corrected chi connectivity index (χ3v) is 4.67. The Labute approximate surface area is 155 Å². The summed E-state index contributed by atoms with van der Waals surface area (Å²) in [5.74, 6) is -0.591.